The molecule has 6 nitrogen and oxygen atoms in total. The van der Waals surface area contributed by atoms with Crippen molar-refractivity contribution in [2.24, 2.45) is 0 Å². The summed E-state index contributed by atoms with van der Waals surface area (Å²) in [5, 5.41) is 10.3. The first-order valence-corrected chi connectivity index (χ1v) is 5.79. The van der Waals surface area contributed by atoms with Crippen LogP contribution in [0.25, 0.3) is 0 Å². The van der Waals surface area contributed by atoms with Crippen LogP contribution in [-0.4, -0.2) is 47.6 Å². The summed E-state index contributed by atoms with van der Waals surface area (Å²) in [6.07, 6.45) is -2.07. The maximum atomic E-state index is 10.3. The molecule has 0 bridgehead atoms. The Hall–Kier alpha value is -0.240. The molecule has 0 aromatic heterocycles. The highest BCUT2D eigenvalue weighted by atomic mass is 16.9. The third kappa shape index (κ3) is 1.71. The number of aliphatic hydroxyl groups excluding tert-OH is 1. The Morgan fingerprint density at radius 3 is 2.24 bits per heavy atom. The van der Waals surface area contributed by atoms with Crippen LogP contribution in [0.15, 0.2) is 0 Å². The number of aliphatic hydroxyl groups is 1. The second-order valence-corrected chi connectivity index (χ2v) is 5.63. The van der Waals surface area contributed by atoms with E-state index in [1.54, 1.807) is 27.7 Å². The molecule has 0 aromatic carbocycles. The Bertz CT molecular complexity index is 341. The van der Waals surface area contributed by atoms with Gasteiger partial charge in [0.2, 0.25) is 5.79 Å². The van der Waals surface area contributed by atoms with Crippen molar-refractivity contribution in [1.82, 2.24) is 0 Å². The van der Waals surface area contributed by atoms with E-state index >= 15 is 0 Å². The molecule has 0 amide bonds. The lowest BCUT2D eigenvalue weighted by Crippen LogP contribution is -2.48. The SMILES string of the molecule is CC1(C)O[C@@H]2O[C@]3(COC(C)(C)O3)[C@@H](O)[C@H]2O1. The van der Waals surface area contributed by atoms with E-state index in [2.05, 4.69) is 0 Å². The lowest BCUT2D eigenvalue weighted by atomic mass is 10.1. The topological polar surface area (TPSA) is 66.4 Å². The molecule has 3 aliphatic rings. The maximum Gasteiger partial charge on any atom is 0.226 e. The van der Waals surface area contributed by atoms with Crippen molar-refractivity contribution in [3.8, 4) is 0 Å². The van der Waals surface area contributed by atoms with Gasteiger partial charge in [-0.1, -0.05) is 0 Å². The number of ether oxygens (including phenoxy) is 5. The Morgan fingerprint density at radius 2 is 1.71 bits per heavy atom. The molecule has 3 fully saturated rings. The van der Waals surface area contributed by atoms with Crippen LogP contribution in [0.4, 0.5) is 0 Å². The van der Waals surface area contributed by atoms with Crippen molar-refractivity contribution < 1.29 is 28.8 Å². The fraction of sp³-hybridized carbons (Fsp3) is 1.00. The van der Waals surface area contributed by atoms with Crippen LogP contribution in [0, 0.1) is 0 Å². The maximum absolute atomic E-state index is 10.3. The molecule has 1 N–H and O–H groups in total. The minimum Gasteiger partial charge on any atom is -0.384 e. The number of hydrogen-bond acceptors (Lipinski definition) is 6. The van der Waals surface area contributed by atoms with Gasteiger partial charge in [0, 0.05) is 0 Å². The summed E-state index contributed by atoms with van der Waals surface area (Å²) in [5.74, 6) is -2.68. The highest BCUT2D eigenvalue weighted by Gasteiger charge is 2.66. The van der Waals surface area contributed by atoms with Crippen LogP contribution in [0.5, 0.6) is 0 Å². The third-order valence-corrected chi connectivity index (χ3v) is 3.21. The number of rotatable bonds is 0. The van der Waals surface area contributed by atoms with Crippen molar-refractivity contribution in [3.05, 3.63) is 0 Å². The lowest BCUT2D eigenvalue weighted by molar-refractivity contribution is -0.316. The fourth-order valence-corrected chi connectivity index (χ4v) is 2.53. The summed E-state index contributed by atoms with van der Waals surface area (Å²) in [7, 11) is 0. The van der Waals surface area contributed by atoms with Gasteiger partial charge in [-0.15, -0.1) is 0 Å². The highest BCUT2D eigenvalue weighted by molar-refractivity contribution is 5.01. The van der Waals surface area contributed by atoms with E-state index in [1.807, 2.05) is 0 Å². The van der Waals surface area contributed by atoms with Crippen molar-refractivity contribution in [3.63, 3.8) is 0 Å². The molecule has 3 aliphatic heterocycles. The molecule has 0 unspecified atom stereocenters. The molecular formula is C11H18O6. The zero-order valence-corrected chi connectivity index (χ0v) is 10.4. The Labute approximate surface area is 99.7 Å². The summed E-state index contributed by atoms with van der Waals surface area (Å²) in [4.78, 5) is 0. The van der Waals surface area contributed by atoms with Crippen LogP contribution in [0.2, 0.25) is 0 Å². The highest BCUT2D eigenvalue weighted by Crippen LogP contribution is 2.47. The molecule has 3 rings (SSSR count). The second-order valence-electron chi connectivity index (χ2n) is 5.63. The van der Waals surface area contributed by atoms with E-state index in [9.17, 15) is 5.11 Å². The van der Waals surface area contributed by atoms with Crippen LogP contribution < -0.4 is 0 Å². The van der Waals surface area contributed by atoms with Crippen LogP contribution in [0.3, 0.4) is 0 Å². The summed E-state index contributed by atoms with van der Waals surface area (Å²) in [6, 6.07) is 0. The fourth-order valence-electron chi connectivity index (χ4n) is 2.53. The predicted octanol–water partition coefficient (Wildman–Crippen LogP) is 0.334. The average molecular weight is 246 g/mol. The van der Waals surface area contributed by atoms with Gasteiger partial charge in [0.1, 0.15) is 18.8 Å². The second kappa shape index (κ2) is 3.20. The third-order valence-electron chi connectivity index (χ3n) is 3.21. The molecule has 1 spiro atoms. The van der Waals surface area contributed by atoms with E-state index in [0.29, 0.717) is 0 Å². The van der Waals surface area contributed by atoms with Gasteiger partial charge >= 0.3 is 0 Å². The molecule has 0 aromatic rings. The zero-order valence-electron chi connectivity index (χ0n) is 10.4. The van der Waals surface area contributed by atoms with E-state index < -0.39 is 35.9 Å². The van der Waals surface area contributed by atoms with Crippen LogP contribution >= 0.6 is 0 Å². The van der Waals surface area contributed by atoms with Gasteiger partial charge in [-0.05, 0) is 27.7 Å². The molecule has 6 heteroatoms. The lowest BCUT2D eigenvalue weighted by Gasteiger charge is -2.30. The van der Waals surface area contributed by atoms with Crippen molar-refractivity contribution in [2.45, 2.75) is 63.6 Å². The van der Waals surface area contributed by atoms with Crippen molar-refractivity contribution in [1.29, 1.82) is 0 Å². The van der Waals surface area contributed by atoms with Gasteiger partial charge in [-0.2, -0.15) is 0 Å². The van der Waals surface area contributed by atoms with Crippen LogP contribution in [0.1, 0.15) is 27.7 Å². The van der Waals surface area contributed by atoms with E-state index in [4.69, 9.17) is 23.7 Å². The number of hydrogen-bond donors (Lipinski definition) is 1. The molecular weight excluding hydrogens is 228 g/mol. The number of fused-ring (bicyclic) bond motifs is 1. The zero-order chi connectivity index (χ0) is 12.5. The first-order chi connectivity index (χ1) is 7.73. The molecule has 3 saturated heterocycles. The van der Waals surface area contributed by atoms with E-state index in [1.165, 1.54) is 0 Å². The average Bonchev–Trinajstić information content (AvgIpc) is 2.70. The standard InChI is InChI=1S/C11H18O6/c1-9(2)13-5-11(17-9)7(12)6-8(16-11)15-10(3,4)14-6/h6-8,12H,5H2,1-4H3/t6-,7+,8-,11+/m1/s1. The van der Waals surface area contributed by atoms with E-state index in [0.717, 1.165) is 0 Å². The smallest absolute Gasteiger partial charge is 0.226 e. The minimum absolute atomic E-state index is 0.168. The molecule has 0 saturated carbocycles. The van der Waals surface area contributed by atoms with Gasteiger partial charge < -0.3 is 28.8 Å². The molecule has 3 heterocycles. The first kappa shape index (κ1) is 11.8. The molecule has 0 radical (unpaired) electrons. The Kier molecular flexibility index (Phi) is 2.23. The molecule has 0 aliphatic carbocycles. The van der Waals surface area contributed by atoms with Gasteiger partial charge in [-0.25, -0.2) is 0 Å². The van der Waals surface area contributed by atoms with Gasteiger partial charge in [0.25, 0.3) is 0 Å². The van der Waals surface area contributed by atoms with E-state index in [-0.39, 0.29) is 6.61 Å². The summed E-state index contributed by atoms with van der Waals surface area (Å²) >= 11 is 0. The Morgan fingerprint density at radius 1 is 1.00 bits per heavy atom. The monoisotopic (exact) mass is 246 g/mol. The predicted molar refractivity (Wildman–Crippen MR) is 54.8 cm³/mol. The molecule has 4 atom stereocenters. The van der Waals surface area contributed by atoms with Gasteiger partial charge in [0.05, 0.1) is 0 Å². The quantitative estimate of drug-likeness (QED) is 0.664. The molecule has 98 valence electrons. The largest absolute Gasteiger partial charge is 0.384 e. The van der Waals surface area contributed by atoms with Crippen molar-refractivity contribution in [2.75, 3.05) is 6.61 Å². The summed E-state index contributed by atoms with van der Waals surface area (Å²) in [6.45, 7) is 7.28. The van der Waals surface area contributed by atoms with Crippen molar-refractivity contribution >= 4 is 0 Å². The normalized spacial score (nSPS) is 51.0. The Balaban J connectivity index is 1.81. The summed E-state index contributed by atoms with van der Waals surface area (Å²) in [5.41, 5.74) is 0. The van der Waals surface area contributed by atoms with Gasteiger partial charge in [-0.3, -0.25) is 0 Å². The van der Waals surface area contributed by atoms with Crippen LogP contribution in [-0.2, 0) is 23.7 Å². The minimum atomic E-state index is -1.17. The van der Waals surface area contributed by atoms with Gasteiger partial charge in [0.15, 0.2) is 17.9 Å². The summed E-state index contributed by atoms with van der Waals surface area (Å²) < 4.78 is 27.9. The molecule has 17 heavy (non-hydrogen) atoms. The first-order valence-electron chi connectivity index (χ1n) is 5.79.